The number of aromatic nitrogens is 3. The highest BCUT2D eigenvalue weighted by atomic mass is 79.9. The van der Waals surface area contributed by atoms with Crippen molar-refractivity contribution in [3.63, 3.8) is 0 Å². The fourth-order valence-corrected chi connectivity index (χ4v) is 2.38. The fourth-order valence-electron chi connectivity index (χ4n) is 1.89. The van der Waals surface area contributed by atoms with Gasteiger partial charge in [-0.1, -0.05) is 23.8 Å². The largest absolute Gasteiger partial charge is 0.282 e. The third-order valence-electron chi connectivity index (χ3n) is 2.68. The molecule has 4 heteroatoms. The van der Waals surface area contributed by atoms with E-state index in [1.165, 1.54) is 5.56 Å². The lowest BCUT2D eigenvalue weighted by atomic mass is 10.1. The Labute approximate surface area is 107 Å². The average molecular weight is 288 g/mol. The summed E-state index contributed by atoms with van der Waals surface area (Å²) in [7, 11) is 0. The molecule has 0 N–H and O–H groups in total. The topological polar surface area (TPSA) is 30.2 Å². The van der Waals surface area contributed by atoms with E-state index in [1.807, 2.05) is 16.5 Å². The molecule has 0 amide bonds. The average Bonchev–Trinajstić information content (AvgIpc) is 2.68. The molecule has 84 valence electrons. The van der Waals surface area contributed by atoms with Gasteiger partial charge >= 0.3 is 0 Å². The summed E-state index contributed by atoms with van der Waals surface area (Å²) in [6.45, 7) is 2.08. The lowest BCUT2D eigenvalue weighted by molar-refractivity contribution is 1.08. The van der Waals surface area contributed by atoms with Gasteiger partial charge in [-0.25, -0.2) is 9.97 Å². The molecule has 0 saturated heterocycles. The first-order chi connectivity index (χ1) is 8.25. The lowest BCUT2D eigenvalue weighted by Gasteiger charge is -2.01. The maximum atomic E-state index is 4.54. The van der Waals surface area contributed by atoms with Gasteiger partial charge in [0.1, 0.15) is 16.8 Å². The number of benzene rings is 1. The van der Waals surface area contributed by atoms with E-state index in [-0.39, 0.29) is 0 Å². The first-order valence-electron chi connectivity index (χ1n) is 5.30. The summed E-state index contributed by atoms with van der Waals surface area (Å²) in [5.41, 5.74) is 3.34. The number of hydrogen-bond acceptors (Lipinski definition) is 2. The Morgan fingerprint density at radius 1 is 1.24 bits per heavy atom. The van der Waals surface area contributed by atoms with Crippen LogP contribution in [0.3, 0.4) is 0 Å². The van der Waals surface area contributed by atoms with Crippen molar-refractivity contribution in [1.82, 2.24) is 14.4 Å². The SMILES string of the molecule is Cc1cccc(-c2nc(Br)c3ccncn23)c1. The Morgan fingerprint density at radius 2 is 2.12 bits per heavy atom. The Morgan fingerprint density at radius 3 is 2.94 bits per heavy atom. The molecule has 17 heavy (non-hydrogen) atoms. The molecule has 0 aliphatic heterocycles. The summed E-state index contributed by atoms with van der Waals surface area (Å²) < 4.78 is 2.83. The predicted molar refractivity (Wildman–Crippen MR) is 70.9 cm³/mol. The number of imidazole rings is 1. The van der Waals surface area contributed by atoms with E-state index in [1.54, 1.807) is 12.5 Å². The maximum Gasteiger partial charge on any atom is 0.147 e. The quantitative estimate of drug-likeness (QED) is 0.686. The van der Waals surface area contributed by atoms with Gasteiger partial charge in [-0.15, -0.1) is 0 Å². The van der Waals surface area contributed by atoms with E-state index in [9.17, 15) is 0 Å². The van der Waals surface area contributed by atoms with Crippen LogP contribution in [-0.2, 0) is 0 Å². The Hall–Kier alpha value is -1.68. The van der Waals surface area contributed by atoms with Crippen LogP contribution in [0.5, 0.6) is 0 Å². The monoisotopic (exact) mass is 287 g/mol. The van der Waals surface area contributed by atoms with Crippen molar-refractivity contribution < 1.29 is 0 Å². The summed E-state index contributed by atoms with van der Waals surface area (Å²) in [6.07, 6.45) is 3.55. The van der Waals surface area contributed by atoms with Crippen LogP contribution in [0.4, 0.5) is 0 Å². The van der Waals surface area contributed by atoms with E-state index in [0.717, 1.165) is 21.5 Å². The Kier molecular flexibility index (Phi) is 2.44. The van der Waals surface area contributed by atoms with Gasteiger partial charge in [-0.2, -0.15) is 0 Å². The molecule has 3 rings (SSSR count). The molecule has 0 saturated carbocycles. The van der Waals surface area contributed by atoms with Gasteiger partial charge in [-0.05, 0) is 35.0 Å². The number of aryl methyl sites for hydroxylation is 1. The summed E-state index contributed by atoms with van der Waals surface area (Å²) >= 11 is 3.47. The normalized spacial score (nSPS) is 10.9. The molecule has 0 unspecified atom stereocenters. The Balaban J connectivity index is 2.31. The lowest BCUT2D eigenvalue weighted by Crippen LogP contribution is -1.90. The highest BCUT2D eigenvalue weighted by Gasteiger charge is 2.10. The molecule has 3 nitrogen and oxygen atoms in total. The van der Waals surface area contributed by atoms with E-state index in [2.05, 4.69) is 51.0 Å². The van der Waals surface area contributed by atoms with Crippen molar-refractivity contribution in [2.75, 3.05) is 0 Å². The summed E-state index contributed by atoms with van der Waals surface area (Å²) in [5.74, 6) is 0.906. The smallest absolute Gasteiger partial charge is 0.147 e. The molecule has 2 heterocycles. The van der Waals surface area contributed by atoms with Crippen molar-refractivity contribution >= 4 is 21.4 Å². The molecule has 0 aliphatic rings. The van der Waals surface area contributed by atoms with Gasteiger partial charge in [0.25, 0.3) is 0 Å². The molecular weight excluding hydrogens is 278 g/mol. The summed E-state index contributed by atoms with van der Waals surface area (Å²) in [4.78, 5) is 8.68. The van der Waals surface area contributed by atoms with E-state index in [0.29, 0.717) is 0 Å². The number of nitrogens with zero attached hydrogens (tertiary/aromatic N) is 3. The van der Waals surface area contributed by atoms with Crippen molar-refractivity contribution in [3.05, 3.63) is 53.0 Å². The standard InChI is InChI=1S/C13H10BrN3/c1-9-3-2-4-10(7-9)13-16-12(14)11-5-6-15-8-17(11)13/h2-8H,1H3. The number of fused-ring (bicyclic) bond motifs is 1. The highest BCUT2D eigenvalue weighted by Crippen LogP contribution is 2.25. The van der Waals surface area contributed by atoms with Gasteiger partial charge in [0, 0.05) is 11.8 Å². The second-order valence-electron chi connectivity index (χ2n) is 3.93. The highest BCUT2D eigenvalue weighted by molar-refractivity contribution is 9.10. The van der Waals surface area contributed by atoms with Crippen LogP contribution >= 0.6 is 15.9 Å². The minimum atomic E-state index is 0.844. The molecule has 0 bridgehead atoms. The van der Waals surface area contributed by atoms with Gasteiger partial charge in [0.05, 0.1) is 5.52 Å². The van der Waals surface area contributed by atoms with Crippen LogP contribution in [0.2, 0.25) is 0 Å². The third-order valence-corrected chi connectivity index (χ3v) is 3.26. The summed E-state index contributed by atoms with van der Waals surface area (Å²) in [6, 6.07) is 10.2. The molecule has 0 spiro atoms. The number of rotatable bonds is 1. The zero-order valence-electron chi connectivity index (χ0n) is 9.26. The van der Waals surface area contributed by atoms with Gasteiger partial charge < -0.3 is 0 Å². The second kappa shape index (κ2) is 3.96. The predicted octanol–water partition coefficient (Wildman–Crippen LogP) is 3.47. The molecular formula is C13H10BrN3. The van der Waals surface area contributed by atoms with Crippen LogP contribution in [0.1, 0.15) is 5.56 Å². The van der Waals surface area contributed by atoms with Gasteiger partial charge in [0.2, 0.25) is 0 Å². The van der Waals surface area contributed by atoms with Crippen molar-refractivity contribution in [2.24, 2.45) is 0 Å². The minimum absolute atomic E-state index is 0.844. The molecule has 0 radical (unpaired) electrons. The van der Waals surface area contributed by atoms with Crippen LogP contribution in [0.15, 0.2) is 47.5 Å². The van der Waals surface area contributed by atoms with Gasteiger partial charge in [0.15, 0.2) is 0 Å². The number of hydrogen-bond donors (Lipinski definition) is 0. The van der Waals surface area contributed by atoms with E-state index < -0.39 is 0 Å². The zero-order valence-corrected chi connectivity index (χ0v) is 10.8. The maximum absolute atomic E-state index is 4.54. The van der Waals surface area contributed by atoms with Crippen molar-refractivity contribution in [1.29, 1.82) is 0 Å². The first kappa shape index (κ1) is 10.5. The van der Waals surface area contributed by atoms with Crippen molar-refractivity contribution in [3.8, 4) is 11.4 Å². The van der Waals surface area contributed by atoms with Crippen LogP contribution in [0, 0.1) is 6.92 Å². The minimum Gasteiger partial charge on any atom is -0.282 e. The fraction of sp³-hybridized carbons (Fsp3) is 0.0769. The molecule has 0 aliphatic carbocycles. The summed E-state index contributed by atoms with van der Waals surface area (Å²) in [5, 5.41) is 0. The Bertz CT molecular complexity index is 688. The third kappa shape index (κ3) is 1.74. The molecule has 1 aromatic carbocycles. The molecule has 0 fully saturated rings. The van der Waals surface area contributed by atoms with E-state index >= 15 is 0 Å². The van der Waals surface area contributed by atoms with Crippen LogP contribution in [-0.4, -0.2) is 14.4 Å². The first-order valence-corrected chi connectivity index (χ1v) is 6.09. The molecule has 2 aromatic heterocycles. The number of halogens is 1. The second-order valence-corrected chi connectivity index (χ2v) is 4.68. The molecule has 0 atom stereocenters. The van der Waals surface area contributed by atoms with Crippen molar-refractivity contribution in [2.45, 2.75) is 6.92 Å². The van der Waals surface area contributed by atoms with E-state index in [4.69, 9.17) is 0 Å². The van der Waals surface area contributed by atoms with Crippen LogP contribution in [0.25, 0.3) is 16.9 Å². The molecule has 3 aromatic rings. The zero-order chi connectivity index (χ0) is 11.8. The van der Waals surface area contributed by atoms with Crippen LogP contribution < -0.4 is 0 Å². The van der Waals surface area contributed by atoms with Gasteiger partial charge in [-0.3, -0.25) is 4.40 Å².